The summed E-state index contributed by atoms with van der Waals surface area (Å²) in [4.78, 5) is 0. The average molecular weight is 1340 g/mol. The van der Waals surface area contributed by atoms with Crippen molar-refractivity contribution in [3.8, 4) is 0 Å². The van der Waals surface area contributed by atoms with Crippen molar-refractivity contribution in [3.05, 3.63) is 276 Å². The van der Waals surface area contributed by atoms with Gasteiger partial charge in [-0.25, -0.2) is 13.2 Å². The van der Waals surface area contributed by atoms with Gasteiger partial charge in [-0.15, -0.1) is 0 Å². The van der Waals surface area contributed by atoms with Crippen molar-refractivity contribution in [1.29, 1.82) is 0 Å². The summed E-state index contributed by atoms with van der Waals surface area (Å²) in [5.41, 5.74) is 37.6. The molecule has 0 N–H and O–H groups in total. The van der Waals surface area contributed by atoms with E-state index in [1.807, 2.05) is 41.5 Å². The third kappa shape index (κ3) is 28.3. The average Bonchev–Trinajstić information content (AvgIpc) is 0.829. The normalized spacial score (nSPS) is 11.3. The van der Waals surface area contributed by atoms with Crippen LogP contribution in [0, 0.1) is 170 Å². The van der Waals surface area contributed by atoms with E-state index in [9.17, 15) is 13.2 Å². The SMILES string of the molecule is Cc1cc(C(C)(C)C)cc(C)c1C.Cc1cc(C(C)(C)C)cc(C)c1C.Cc1cc(C(C)(C)C)cc(F)c1C.Cc1cc(C(C)(C)C)cc(F)c1C.Cc1cc(C(C)C)cc(C)c1C.Cc1cc(C(C)C)cc(F)c1C.Cc1cc(C)c(C)c(C(C)C)c1.Cc1cc(C)c(C)c(C)c1. The molecule has 98 heavy (non-hydrogen) atoms. The Morgan fingerprint density at radius 3 is 0.612 bits per heavy atom. The van der Waals surface area contributed by atoms with Gasteiger partial charge in [0.25, 0.3) is 0 Å². The molecular formula is C95H139F3. The third-order valence-electron chi connectivity index (χ3n) is 20.0. The van der Waals surface area contributed by atoms with Crippen LogP contribution in [0.15, 0.2) is 97.1 Å². The molecule has 3 heteroatoms. The number of hydrogen-bond acceptors (Lipinski definition) is 0. The minimum Gasteiger partial charge on any atom is -0.207 e. The Bertz CT molecular complexity index is 3400. The molecule has 0 saturated heterocycles. The van der Waals surface area contributed by atoms with Gasteiger partial charge in [0.1, 0.15) is 17.5 Å². The fraction of sp³-hybridized carbons (Fsp3) is 0.495. The molecule has 0 unspecified atom stereocenters. The van der Waals surface area contributed by atoms with Crippen LogP contribution in [0.25, 0.3) is 0 Å². The number of halogens is 3. The summed E-state index contributed by atoms with van der Waals surface area (Å²) in [5, 5.41) is 0. The van der Waals surface area contributed by atoms with Crippen LogP contribution >= 0.6 is 0 Å². The topological polar surface area (TPSA) is 0 Å². The molecule has 0 bridgehead atoms. The van der Waals surface area contributed by atoms with Crippen molar-refractivity contribution >= 4 is 0 Å². The van der Waals surface area contributed by atoms with Crippen LogP contribution in [0.3, 0.4) is 0 Å². The lowest BCUT2D eigenvalue weighted by molar-refractivity contribution is 0.567. The smallest absolute Gasteiger partial charge is 0.126 e. The van der Waals surface area contributed by atoms with Crippen LogP contribution in [-0.4, -0.2) is 0 Å². The van der Waals surface area contributed by atoms with E-state index in [2.05, 4.69) is 314 Å². The zero-order chi connectivity index (χ0) is 76.5. The molecular weight excluding hydrogens is 1200 g/mol. The molecule has 0 saturated carbocycles. The first-order valence-electron chi connectivity index (χ1n) is 36.1. The van der Waals surface area contributed by atoms with Crippen LogP contribution in [-0.2, 0) is 21.7 Å². The lowest BCUT2D eigenvalue weighted by Crippen LogP contribution is -2.12. The molecule has 0 spiro atoms. The molecule has 0 aromatic heterocycles. The fourth-order valence-electron chi connectivity index (χ4n) is 10.9. The van der Waals surface area contributed by atoms with Gasteiger partial charge in [-0.05, 0) is 360 Å². The van der Waals surface area contributed by atoms with E-state index >= 15 is 0 Å². The van der Waals surface area contributed by atoms with Crippen LogP contribution in [0.1, 0.15) is 304 Å². The van der Waals surface area contributed by atoms with Gasteiger partial charge < -0.3 is 0 Å². The number of benzene rings is 8. The second-order valence-electron chi connectivity index (χ2n) is 33.8. The summed E-state index contributed by atoms with van der Waals surface area (Å²) >= 11 is 0. The molecule has 0 nitrogen and oxygen atoms in total. The first kappa shape index (κ1) is 89.6. The van der Waals surface area contributed by atoms with E-state index in [1.165, 1.54) is 111 Å². The maximum absolute atomic E-state index is 13.4. The summed E-state index contributed by atoms with van der Waals surface area (Å²) in [6, 6.07) is 33.9. The van der Waals surface area contributed by atoms with E-state index in [4.69, 9.17) is 0 Å². The molecule has 0 radical (unpaired) electrons. The van der Waals surface area contributed by atoms with E-state index < -0.39 is 0 Å². The van der Waals surface area contributed by atoms with Crippen LogP contribution in [0.4, 0.5) is 13.2 Å². The summed E-state index contributed by atoms with van der Waals surface area (Å²) in [6.07, 6.45) is 0. The minimum absolute atomic E-state index is 0.0271. The van der Waals surface area contributed by atoms with Gasteiger partial charge in [0.15, 0.2) is 0 Å². The summed E-state index contributed by atoms with van der Waals surface area (Å²) in [6.45, 7) is 85.5. The zero-order valence-corrected chi connectivity index (χ0v) is 70.1. The zero-order valence-electron chi connectivity index (χ0n) is 70.1. The predicted molar refractivity (Wildman–Crippen MR) is 433 cm³/mol. The van der Waals surface area contributed by atoms with Gasteiger partial charge in [-0.1, -0.05) is 215 Å². The summed E-state index contributed by atoms with van der Waals surface area (Å²) < 4.78 is 39.9. The molecule has 0 fully saturated rings. The second-order valence-corrected chi connectivity index (χ2v) is 33.8. The van der Waals surface area contributed by atoms with E-state index in [0.717, 1.165) is 50.1 Å². The maximum Gasteiger partial charge on any atom is 0.126 e. The summed E-state index contributed by atoms with van der Waals surface area (Å²) in [5.74, 6) is 1.42. The van der Waals surface area contributed by atoms with Crippen LogP contribution in [0.5, 0.6) is 0 Å². The van der Waals surface area contributed by atoms with Gasteiger partial charge in [0, 0.05) is 0 Å². The molecule has 540 valence electrons. The fourth-order valence-corrected chi connectivity index (χ4v) is 10.9. The quantitative estimate of drug-likeness (QED) is 0.165. The Morgan fingerprint density at radius 2 is 0.388 bits per heavy atom. The Balaban J connectivity index is 0.000000561. The predicted octanol–water partition coefficient (Wildman–Crippen LogP) is 29.3. The second kappa shape index (κ2) is 37.8. The highest BCUT2D eigenvalue weighted by Crippen LogP contribution is 2.31. The van der Waals surface area contributed by atoms with Gasteiger partial charge in [-0.3, -0.25) is 0 Å². The molecule has 8 aromatic carbocycles. The molecule has 0 atom stereocenters. The third-order valence-corrected chi connectivity index (χ3v) is 20.0. The lowest BCUT2D eigenvalue weighted by Gasteiger charge is -2.21. The van der Waals surface area contributed by atoms with E-state index in [0.29, 0.717) is 17.8 Å². The Hall–Kier alpha value is -6.45. The highest BCUT2D eigenvalue weighted by atomic mass is 19.1. The molecule has 0 aliphatic heterocycles. The largest absolute Gasteiger partial charge is 0.207 e. The highest BCUT2D eigenvalue weighted by Gasteiger charge is 2.19. The van der Waals surface area contributed by atoms with Crippen molar-refractivity contribution in [1.82, 2.24) is 0 Å². The standard InChI is InChI=1S/2C13H20.2C12H17F.2C12H18.C11H15F.C10H14/c2*1-9-7-12(13(4,5)6)8-10(2)11(9)3;2*1-8-6-10(12(3,4)5)7-11(13)9(8)2;1-8(2)12-6-9(3)11(5)10(4)7-12;1-8(2)12-7-9(3)6-10(4)11(12)5;1-7(2)10-5-8(3)9(4)11(12)6-10;1-7-5-8(2)10(4)9(3)6-7/h2*7-8H,1-6H3;2*6-7H,1-5H3;2*6-8H,1-5H3;5-7H,1-4H3;5-6H,1-4H3. The minimum atomic E-state index is -0.0927. The molecule has 8 aromatic rings. The van der Waals surface area contributed by atoms with Crippen molar-refractivity contribution in [2.24, 2.45) is 0 Å². The van der Waals surface area contributed by atoms with Crippen molar-refractivity contribution < 1.29 is 13.2 Å². The molecule has 0 aliphatic rings. The van der Waals surface area contributed by atoms with Crippen molar-refractivity contribution in [3.63, 3.8) is 0 Å². The van der Waals surface area contributed by atoms with Gasteiger partial charge in [0.2, 0.25) is 0 Å². The van der Waals surface area contributed by atoms with E-state index in [-0.39, 0.29) is 39.1 Å². The Labute approximate surface area is 602 Å². The Kier molecular flexibility index (Phi) is 34.6. The molecule has 0 amide bonds. The molecule has 8 rings (SSSR count). The Morgan fingerprint density at radius 1 is 0.204 bits per heavy atom. The van der Waals surface area contributed by atoms with Gasteiger partial charge >= 0.3 is 0 Å². The van der Waals surface area contributed by atoms with Crippen molar-refractivity contribution in [2.75, 3.05) is 0 Å². The first-order chi connectivity index (χ1) is 44.4. The maximum atomic E-state index is 13.4. The number of rotatable bonds is 3. The molecule has 0 heterocycles. The van der Waals surface area contributed by atoms with Crippen molar-refractivity contribution in [2.45, 2.75) is 316 Å². The van der Waals surface area contributed by atoms with Gasteiger partial charge in [0.05, 0.1) is 0 Å². The van der Waals surface area contributed by atoms with E-state index in [1.54, 1.807) is 18.2 Å². The number of hydrogen-bond donors (Lipinski definition) is 0. The summed E-state index contributed by atoms with van der Waals surface area (Å²) in [7, 11) is 0. The lowest BCUT2D eigenvalue weighted by atomic mass is 9.84. The molecule has 0 aliphatic carbocycles. The number of aryl methyl sites for hydroxylation is 14. The monoisotopic (exact) mass is 1340 g/mol. The van der Waals surface area contributed by atoms with Crippen LogP contribution < -0.4 is 0 Å². The van der Waals surface area contributed by atoms with Crippen LogP contribution in [0.2, 0.25) is 0 Å². The van der Waals surface area contributed by atoms with Gasteiger partial charge in [-0.2, -0.15) is 0 Å². The first-order valence-corrected chi connectivity index (χ1v) is 36.1. The highest BCUT2D eigenvalue weighted by molar-refractivity contribution is 5.44.